The third kappa shape index (κ3) is 3.09. The van der Waals surface area contributed by atoms with Gasteiger partial charge >= 0.3 is 5.97 Å². The lowest BCUT2D eigenvalue weighted by Gasteiger charge is -2.08. The van der Waals surface area contributed by atoms with E-state index in [0.29, 0.717) is 16.3 Å². The molecule has 4 nitrogen and oxygen atoms in total. The largest absolute Gasteiger partial charge is 0.489 e. The number of benzene rings is 1. The summed E-state index contributed by atoms with van der Waals surface area (Å²) < 4.78 is 10.4. The van der Waals surface area contributed by atoms with Gasteiger partial charge in [0.25, 0.3) is 0 Å². The molecule has 2 rings (SSSR count). The monoisotopic (exact) mass is 280 g/mol. The van der Waals surface area contributed by atoms with Crippen molar-refractivity contribution in [2.75, 3.05) is 0 Å². The molecule has 0 spiro atoms. The maximum Gasteiger partial charge on any atom is 0.372 e. The summed E-state index contributed by atoms with van der Waals surface area (Å²) in [6, 6.07) is 6.95. The van der Waals surface area contributed by atoms with Crippen molar-refractivity contribution in [3.63, 3.8) is 0 Å². The van der Waals surface area contributed by atoms with Gasteiger partial charge in [-0.2, -0.15) is 0 Å². The topological polar surface area (TPSA) is 59.7 Å². The smallest absolute Gasteiger partial charge is 0.372 e. The molecule has 5 heteroatoms. The van der Waals surface area contributed by atoms with Crippen molar-refractivity contribution in [3.8, 4) is 5.75 Å². The molecule has 0 aliphatic heterocycles. The lowest BCUT2D eigenvalue weighted by atomic mass is 10.1. The summed E-state index contributed by atoms with van der Waals surface area (Å²) in [6.45, 7) is 2.15. The number of hydrogen-bond donors (Lipinski definition) is 1. The Morgan fingerprint density at radius 3 is 2.84 bits per heavy atom. The highest BCUT2D eigenvalue weighted by Gasteiger charge is 2.14. The Labute approximate surface area is 115 Å². The number of ether oxygens (including phenoxy) is 1. The van der Waals surface area contributed by atoms with Gasteiger partial charge in [-0.25, -0.2) is 4.79 Å². The number of carboxylic acid groups (broad SMARTS) is 1. The average molecular weight is 281 g/mol. The Morgan fingerprint density at radius 1 is 1.37 bits per heavy atom. The molecule has 0 aliphatic rings. The van der Waals surface area contributed by atoms with Crippen LogP contribution in [0.5, 0.6) is 5.75 Å². The van der Waals surface area contributed by atoms with E-state index in [1.54, 1.807) is 18.2 Å². The van der Waals surface area contributed by atoms with E-state index >= 15 is 0 Å². The summed E-state index contributed by atoms with van der Waals surface area (Å²) >= 11 is 6.01. The quantitative estimate of drug-likeness (QED) is 0.905. The number of aryl methyl sites for hydroxylation is 1. The zero-order valence-corrected chi connectivity index (χ0v) is 11.1. The van der Waals surface area contributed by atoms with Gasteiger partial charge in [-0.3, -0.25) is 0 Å². The molecule has 0 atom stereocenters. The number of rotatable bonds is 5. The number of hydrogen-bond acceptors (Lipinski definition) is 3. The van der Waals surface area contributed by atoms with E-state index in [4.69, 9.17) is 25.9 Å². The maximum atomic E-state index is 10.9. The number of carbonyl (C=O) groups is 1. The van der Waals surface area contributed by atoms with Gasteiger partial charge in [-0.1, -0.05) is 18.5 Å². The van der Waals surface area contributed by atoms with Crippen molar-refractivity contribution >= 4 is 17.6 Å². The first-order chi connectivity index (χ1) is 9.11. The van der Waals surface area contributed by atoms with E-state index in [0.717, 1.165) is 12.0 Å². The van der Waals surface area contributed by atoms with Crippen LogP contribution in [0.4, 0.5) is 0 Å². The van der Waals surface area contributed by atoms with Crippen molar-refractivity contribution < 1.29 is 19.1 Å². The summed E-state index contributed by atoms with van der Waals surface area (Å²) in [5.41, 5.74) is 1.49. The minimum Gasteiger partial charge on any atom is -0.489 e. The molecule has 0 saturated heterocycles. The fraction of sp³-hybridized carbons (Fsp3) is 0.214. The lowest BCUT2D eigenvalue weighted by Crippen LogP contribution is -2.02. The van der Waals surface area contributed by atoms with Crippen molar-refractivity contribution in [1.29, 1.82) is 0 Å². The average Bonchev–Trinajstić information content (AvgIpc) is 2.86. The van der Waals surface area contributed by atoms with Crippen LogP contribution in [-0.4, -0.2) is 11.1 Å². The highest BCUT2D eigenvalue weighted by atomic mass is 35.5. The van der Waals surface area contributed by atoms with E-state index in [9.17, 15) is 4.79 Å². The Hall–Kier alpha value is -1.94. The molecule has 0 amide bonds. The molecule has 0 fully saturated rings. The van der Waals surface area contributed by atoms with Gasteiger partial charge in [0.1, 0.15) is 12.4 Å². The Morgan fingerprint density at radius 2 is 2.16 bits per heavy atom. The fourth-order valence-electron chi connectivity index (χ4n) is 1.71. The second-order valence-electron chi connectivity index (χ2n) is 3.98. The predicted octanol–water partition coefficient (Wildman–Crippen LogP) is 3.77. The van der Waals surface area contributed by atoms with Crippen LogP contribution in [0.2, 0.25) is 5.02 Å². The Kier molecular flexibility index (Phi) is 4.12. The normalized spacial score (nSPS) is 10.4. The number of carboxylic acids is 1. The lowest BCUT2D eigenvalue weighted by molar-refractivity contribution is 0.0658. The van der Waals surface area contributed by atoms with Crippen LogP contribution in [0.3, 0.4) is 0 Å². The first-order valence-corrected chi connectivity index (χ1v) is 6.20. The van der Waals surface area contributed by atoms with Crippen LogP contribution in [0.25, 0.3) is 0 Å². The van der Waals surface area contributed by atoms with Crippen molar-refractivity contribution in [2.24, 2.45) is 0 Å². The molecule has 0 aliphatic carbocycles. The van der Waals surface area contributed by atoms with Crippen LogP contribution >= 0.6 is 11.6 Å². The van der Waals surface area contributed by atoms with Crippen LogP contribution in [0.15, 0.2) is 34.9 Å². The zero-order chi connectivity index (χ0) is 13.8. The van der Waals surface area contributed by atoms with Crippen molar-refractivity contribution in [2.45, 2.75) is 20.0 Å². The molecule has 100 valence electrons. The standard InChI is InChI=1S/C14H13ClO4/c1-2-9-7-11(3-4-12(9)15)19-8-10-5-6-18-13(10)14(16)17/h3-7H,2,8H2,1H3,(H,16,17). The molecule has 1 N–H and O–H groups in total. The molecule has 1 heterocycles. The molecule has 2 aromatic rings. The first kappa shape index (κ1) is 13.5. The highest BCUT2D eigenvalue weighted by Crippen LogP contribution is 2.23. The first-order valence-electron chi connectivity index (χ1n) is 5.82. The van der Waals surface area contributed by atoms with Gasteiger partial charge < -0.3 is 14.3 Å². The zero-order valence-electron chi connectivity index (χ0n) is 10.4. The van der Waals surface area contributed by atoms with E-state index in [1.807, 2.05) is 13.0 Å². The van der Waals surface area contributed by atoms with E-state index in [2.05, 4.69) is 0 Å². The summed E-state index contributed by atoms with van der Waals surface area (Å²) in [7, 11) is 0. The van der Waals surface area contributed by atoms with Crippen LogP contribution < -0.4 is 4.74 Å². The second-order valence-corrected chi connectivity index (χ2v) is 4.38. The summed E-state index contributed by atoms with van der Waals surface area (Å²) in [5.74, 6) is -0.544. The van der Waals surface area contributed by atoms with Gasteiger partial charge in [0.15, 0.2) is 0 Å². The molecule has 19 heavy (non-hydrogen) atoms. The SMILES string of the molecule is CCc1cc(OCc2ccoc2C(=O)O)ccc1Cl. The second kappa shape index (κ2) is 5.80. The molecule has 1 aromatic carbocycles. The minimum absolute atomic E-state index is 0.0929. The van der Waals surface area contributed by atoms with Gasteiger partial charge in [0.05, 0.1) is 6.26 Å². The molecule has 1 aromatic heterocycles. The van der Waals surface area contributed by atoms with Gasteiger partial charge in [0.2, 0.25) is 5.76 Å². The summed E-state index contributed by atoms with van der Waals surface area (Å²) in [6.07, 6.45) is 2.14. The van der Waals surface area contributed by atoms with Crippen molar-refractivity contribution in [1.82, 2.24) is 0 Å². The van der Waals surface area contributed by atoms with Crippen LogP contribution in [0, 0.1) is 0 Å². The number of furan rings is 1. The van der Waals surface area contributed by atoms with E-state index in [-0.39, 0.29) is 12.4 Å². The Balaban J connectivity index is 2.10. The van der Waals surface area contributed by atoms with Crippen LogP contribution in [-0.2, 0) is 13.0 Å². The predicted molar refractivity (Wildman–Crippen MR) is 70.8 cm³/mol. The summed E-state index contributed by atoms with van der Waals surface area (Å²) in [4.78, 5) is 10.9. The molecular formula is C14H13ClO4. The van der Waals surface area contributed by atoms with Crippen molar-refractivity contribution in [3.05, 3.63) is 52.4 Å². The van der Waals surface area contributed by atoms with Gasteiger partial charge in [-0.15, -0.1) is 0 Å². The molecule has 0 unspecified atom stereocenters. The Bertz CT molecular complexity index is 589. The minimum atomic E-state index is -1.10. The third-order valence-corrected chi connectivity index (χ3v) is 3.10. The molecular weight excluding hydrogens is 268 g/mol. The third-order valence-electron chi connectivity index (χ3n) is 2.73. The van der Waals surface area contributed by atoms with E-state index < -0.39 is 5.97 Å². The highest BCUT2D eigenvalue weighted by molar-refractivity contribution is 6.31. The number of halogens is 1. The maximum absolute atomic E-state index is 10.9. The van der Waals surface area contributed by atoms with E-state index in [1.165, 1.54) is 6.26 Å². The van der Waals surface area contributed by atoms with Gasteiger partial charge in [0, 0.05) is 10.6 Å². The van der Waals surface area contributed by atoms with Crippen LogP contribution in [0.1, 0.15) is 28.6 Å². The molecule has 0 bridgehead atoms. The van der Waals surface area contributed by atoms with Gasteiger partial charge in [-0.05, 0) is 36.2 Å². The number of aromatic carboxylic acids is 1. The molecule has 0 radical (unpaired) electrons. The summed E-state index contributed by atoms with van der Waals surface area (Å²) in [5, 5.41) is 9.60. The molecule has 0 saturated carbocycles. The fourth-order valence-corrected chi connectivity index (χ4v) is 1.96.